The highest BCUT2D eigenvalue weighted by Crippen LogP contribution is 2.31. The number of carbonyl (C=O) groups excluding carboxylic acids is 1. The van der Waals surface area contributed by atoms with E-state index in [0.717, 1.165) is 18.9 Å². The molecular weight excluding hydrogens is 459 g/mol. The number of nitrogens with zero attached hydrogens (tertiary/aromatic N) is 4. The molecule has 4 aromatic rings. The Bertz CT molecular complexity index is 1380. The van der Waals surface area contributed by atoms with Crippen LogP contribution in [0.25, 0.3) is 22.5 Å². The van der Waals surface area contributed by atoms with Gasteiger partial charge in [-0.3, -0.25) is 4.79 Å². The summed E-state index contributed by atoms with van der Waals surface area (Å²) in [5.41, 5.74) is 0.548. The summed E-state index contributed by atoms with van der Waals surface area (Å²) in [5.74, 6) is -3.07. The summed E-state index contributed by atoms with van der Waals surface area (Å²) in [4.78, 5) is 27.7. The van der Waals surface area contributed by atoms with Crippen molar-refractivity contribution < 1.29 is 22.4 Å². The molecule has 1 amide bonds. The van der Waals surface area contributed by atoms with Crippen LogP contribution < -0.4 is 5.32 Å². The van der Waals surface area contributed by atoms with E-state index in [9.17, 15) is 18.0 Å². The van der Waals surface area contributed by atoms with Crippen LogP contribution in [0.1, 0.15) is 30.1 Å². The Balaban J connectivity index is 1.44. The van der Waals surface area contributed by atoms with Gasteiger partial charge in [0.1, 0.15) is 11.3 Å². The lowest BCUT2D eigenvalue weighted by Gasteiger charge is -2.40. The predicted molar refractivity (Wildman–Crippen MR) is 123 cm³/mol. The smallest absolute Gasteiger partial charge is 0.295 e. The van der Waals surface area contributed by atoms with Gasteiger partial charge in [-0.05, 0) is 49.1 Å². The second kappa shape index (κ2) is 9.36. The molecule has 35 heavy (non-hydrogen) atoms. The number of benzene rings is 2. The molecule has 1 aliphatic rings. The average Bonchev–Trinajstić information content (AvgIpc) is 3.26. The summed E-state index contributed by atoms with van der Waals surface area (Å²) in [6.07, 6.45) is 4.47. The summed E-state index contributed by atoms with van der Waals surface area (Å²) in [5, 5.41) is 3.10. The number of piperidine rings is 1. The van der Waals surface area contributed by atoms with Crippen molar-refractivity contribution in [2.75, 3.05) is 18.4 Å². The molecule has 2 atom stereocenters. The number of nitrogens with one attached hydrogen (secondary N) is 1. The third kappa shape index (κ3) is 4.43. The zero-order chi connectivity index (χ0) is 24.5. The highest BCUT2D eigenvalue weighted by Gasteiger charge is 2.34. The van der Waals surface area contributed by atoms with Crippen LogP contribution in [0.4, 0.5) is 19.2 Å². The second-order valence-corrected chi connectivity index (χ2v) is 8.55. The first kappa shape index (κ1) is 22.8. The monoisotopic (exact) mass is 481 g/mol. The highest BCUT2D eigenvalue weighted by molar-refractivity contribution is 6.00. The van der Waals surface area contributed by atoms with Crippen LogP contribution >= 0.6 is 0 Å². The minimum Gasteiger partial charge on any atom is -0.423 e. The molecule has 2 aromatic heterocycles. The maximum Gasteiger partial charge on any atom is 0.295 e. The van der Waals surface area contributed by atoms with Gasteiger partial charge in [0.15, 0.2) is 23.0 Å². The topological polar surface area (TPSA) is 84.2 Å². The van der Waals surface area contributed by atoms with Gasteiger partial charge in [-0.1, -0.05) is 6.92 Å². The first-order chi connectivity index (χ1) is 16.9. The van der Waals surface area contributed by atoms with Gasteiger partial charge in [0.25, 0.3) is 11.9 Å². The molecule has 10 heteroatoms. The lowest BCUT2D eigenvalue weighted by atomic mass is 9.89. The molecule has 1 fully saturated rings. The molecule has 1 saturated heterocycles. The first-order valence-electron chi connectivity index (χ1n) is 11.3. The highest BCUT2D eigenvalue weighted by atomic mass is 19.2. The quantitative estimate of drug-likeness (QED) is 0.429. The summed E-state index contributed by atoms with van der Waals surface area (Å²) >= 11 is 0. The SMILES string of the molecule is C[C@@H]1CCCN(C(=O)c2ccc(F)c(F)c2-c2ncccn2)[C@@H]1CNc1nc2ccc(F)cc2o1. The van der Waals surface area contributed by atoms with E-state index in [1.807, 2.05) is 6.92 Å². The van der Waals surface area contributed by atoms with E-state index in [0.29, 0.717) is 24.2 Å². The van der Waals surface area contributed by atoms with Gasteiger partial charge in [0.05, 0.1) is 17.2 Å². The van der Waals surface area contributed by atoms with Gasteiger partial charge in [-0.15, -0.1) is 0 Å². The van der Waals surface area contributed by atoms with Gasteiger partial charge in [0, 0.05) is 31.5 Å². The minimum absolute atomic E-state index is 0.00784. The van der Waals surface area contributed by atoms with Crippen molar-refractivity contribution in [1.82, 2.24) is 19.9 Å². The number of anilines is 1. The molecule has 0 saturated carbocycles. The lowest BCUT2D eigenvalue weighted by Crippen LogP contribution is -2.51. The Hall–Kier alpha value is -3.95. The third-order valence-electron chi connectivity index (χ3n) is 6.30. The van der Waals surface area contributed by atoms with Crippen molar-refractivity contribution in [2.45, 2.75) is 25.8 Å². The van der Waals surface area contributed by atoms with E-state index in [1.54, 1.807) is 11.0 Å². The maximum absolute atomic E-state index is 14.9. The van der Waals surface area contributed by atoms with Crippen molar-refractivity contribution in [2.24, 2.45) is 5.92 Å². The van der Waals surface area contributed by atoms with Crippen LogP contribution in [0, 0.1) is 23.4 Å². The number of hydrogen-bond donors (Lipinski definition) is 1. The molecule has 2 aromatic carbocycles. The average molecular weight is 481 g/mol. The third-order valence-corrected chi connectivity index (χ3v) is 6.30. The van der Waals surface area contributed by atoms with E-state index in [-0.39, 0.29) is 34.9 Å². The van der Waals surface area contributed by atoms with Crippen LogP contribution in [0.15, 0.2) is 53.2 Å². The van der Waals surface area contributed by atoms with Crippen LogP contribution in [0.3, 0.4) is 0 Å². The zero-order valence-electron chi connectivity index (χ0n) is 18.8. The molecule has 0 unspecified atom stereocenters. The number of likely N-dealkylation sites (tertiary alicyclic amines) is 1. The van der Waals surface area contributed by atoms with Gasteiger partial charge < -0.3 is 14.6 Å². The summed E-state index contributed by atoms with van der Waals surface area (Å²) < 4.78 is 48.0. The summed E-state index contributed by atoms with van der Waals surface area (Å²) in [6.45, 7) is 2.78. The number of rotatable bonds is 5. The van der Waals surface area contributed by atoms with Crippen LogP contribution in [0.2, 0.25) is 0 Å². The fourth-order valence-corrected chi connectivity index (χ4v) is 4.51. The van der Waals surface area contributed by atoms with Crippen LogP contribution in [-0.2, 0) is 0 Å². The molecule has 5 rings (SSSR count). The van der Waals surface area contributed by atoms with Gasteiger partial charge in [0.2, 0.25) is 0 Å². The maximum atomic E-state index is 14.9. The molecule has 7 nitrogen and oxygen atoms in total. The van der Waals surface area contributed by atoms with Gasteiger partial charge in [-0.2, -0.15) is 4.98 Å². The molecule has 180 valence electrons. The normalized spacial score (nSPS) is 18.1. The van der Waals surface area contributed by atoms with E-state index in [4.69, 9.17) is 4.42 Å². The fourth-order valence-electron chi connectivity index (χ4n) is 4.51. The Morgan fingerprint density at radius 3 is 2.77 bits per heavy atom. The largest absolute Gasteiger partial charge is 0.423 e. The Morgan fingerprint density at radius 1 is 1.17 bits per heavy atom. The molecule has 0 radical (unpaired) electrons. The minimum atomic E-state index is -1.17. The summed E-state index contributed by atoms with van der Waals surface area (Å²) in [6, 6.07) is 7.77. The number of amides is 1. The van der Waals surface area contributed by atoms with E-state index >= 15 is 0 Å². The van der Waals surface area contributed by atoms with Crippen molar-refractivity contribution in [3.8, 4) is 11.4 Å². The number of aromatic nitrogens is 3. The van der Waals surface area contributed by atoms with E-state index in [2.05, 4.69) is 20.3 Å². The van der Waals surface area contributed by atoms with Crippen LogP contribution in [-0.4, -0.2) is 44.9 Å². The zero-order valence-corrected chi connectivity index (χ0v) is 18.8. The van der Waals surface area contributed by atoms with Crippen LogP contribution in [0.5, 0.6) is 0 Å². The number of hydrogen-bond acceptors (Lipinski definition) is 6. The van der Waals surface area contributed by atoms with Crippen molar-refractivity contribution in [1.29, 1.82) is 0 Å². The number of halogens is 3. The first-order valence-corrected chi connectivity index (χ1v) is 11.3. The second-order valence-electron chi connectivity index (χ2n) is 8.55. The van der Waals surface area contributed by atoms with Crippen molar-refractivity contribution >= 4 is 23.0 Å². The van der Waals surface area contributed by atoms with Gasteiger partial charge >= 0.3 is 0 Å². The standard InChI is InChI=1S/C25H22F3N5O2/c1-14-4-2-11-33(19(14)13-31-25-32-18-8-5-15(26)12-20(18)35-25)24(34)16-6-7-17(27)22(28)21(16)23-29-9-3-10-30-23/h3,5-10,12,14,19H,2,4,11,13H2,1H3,(H,31,32)/t14-,19-/m1/s1. The molecule has 0 spiro atoms. The number of oxazole rings is 1. The molecule has 0 bridgehead atoms. The Labute approximate surface area is 199 Å². The number of fused-ring (bicyclic) bond motifs is 1. The lowest BCUT2D eigenvalue weighted by molar-refractivity contribution is 0.0539. The van der Waals surface area contributed by atoms with Crippen molar-refractivity contribution in [3.05, 3.63) is 71.8 Å². The summed E-state index contributed by atoms with van der Waals surface area (Å²) in [7, 11) is 0. The van der Waals surface area contributed by atoms with E-state index < -0.39 is 23.4 Å². The Morgan fingerprint density at radius 2 is 1.97 bits per heavy atom. The van der Waals surface area contributed by atoms with Gasteiger partial charge in [-0.25, -0.2) is 23.1 Å². The van der Waals surface area contributed by atoms with E-state index in [1.165, 1.54) is 36.7 Å². The molecule has 3 heterocycles. The predicted octanol–water partition coefficient (Wildman–Crippen LogP) is 5.05. The fraction of sp³-hybridized carbons (Fsp3) is 0.280. The van der Waals surface area contributed by atoms with Crippen molar-refractivity contribution in [3.63, 3.8) is 0 Å². The molecule has 0 aliphatic carbocycles. The molecule has 1 aliphatic heterocycles. The Kier molecular flexibility index (Phi) is 6.10. The molecular formula is C25H22F3N5O2. The molecule has 1 N–H and O–H groups in total. The number of carbonyl (C=O) groups is 1.